The molecule has 0 spiro atoms. The normalized spacial score (nSPS) is 14.3. The maximum atomic E-state index is 11.7. The third-order valence-electron chi connectivity index (χ3n) is 2.14. The summed E-state index contributed by atoms with van der Waals surface area (Å²) in [5.41, 5.74) is 5.62. The van der Waals surface area contributed by atoms with E-state index >= 15 is 0 Å². The standard InChI is InChI=1S/C10H18N2O4/c1-6(2)3-8(11)10(15)7(5-13)4-9(14)16-12/h5-8H,3-4,11-12H2,1-2H3/t7-,8?/m0/s1. The number of Topliss-reactive ketones (excluding diaryl/α,β-unsaturated/α-hetero) is 1. The Kier molecular flexibility index (Phi) is 6.52. The maximum Gasteiger partial charge on any atom is 0.325 e. The third-order valence-corrected chi connectivity index (χ3v) is 2.14. The Morgan fingerprint density at radius 3 is 2.31 bits per heavy atom. The Morgan fingerprint density at radius 1 is 1.38 bits per heavy atom. The van der Waals surface area contributed by atoms with Crippen molar-refractivity contribution < 1.29 is 19.2 Å². The number of hydrogen-bond acceptors (Lipinski definition) is 6. The zero-order valence-electron chi connectivity index (χ0n) is 9.51. The second kappa shape index (κ2) is 7.08. The fraction of sp³-hybridized carbons (Fsp3) is 0.700. The second-order valence-electron chi connectivity index (χ2n) is 4.07. The van der Waals surface area contributed by atoms with Crippen molar-refractivity contribution >= 4 is 18.0 Å². The van der Waals surface area contributed by atoms with E-state index in [4.69, 9.17) is 5.73 Å². The van der Waals surface area contributed by atoms with E-state index in [1.807, 2.05) is 13.8 Å². The maximum absolute atomic E-state index is 11.7. The van der Waals surface area contributed by atoms with Crippen molar-refractivity contribution in [3.8, 4) is 0 Å². The SMILES string of the molecule is CC(C)CC(N)C(=O)[C@H](C=O)CC(=O)ON. The Morgan fingerprint density at radius 2 is 1.94 bits per heavy atom. The van der Waals surface area contributed by atoms with Crippen molar-refractivity contribution in [3.05, 3.63) is 0 Å². The van der Waals surface area contributed by atoms with Crippen LogP contribution in [0.4, 0.5) is 0 Å². The molecule has 0 aromatic carbocycles. The number of ketones is 1. The van der Waals surface area contributed by atoms with E-state index < -0.39 is 23.7 Å². The van der Waals surface area contributed by atoms with Gasteiger partial charge in [-0.2, -0.15) is 5.90 Å². The fourth-order valence-electron chi connectivity index (χ4n) is 1.34. The molecule has 0 aromatic heterocycles. The van der Waals surface area contributed by atoms with E-state index in [1.54, 1.807) is 0 Å². The summed E-state index contributed by atoms with van der Waals surface area (Å²) in [4.78, 5) is 37.1. The van der Waals surface area contributed by atoms with Crippen LogP contribution in [0.1, 0.15) is 26.7 Å². The highest BCUT2D eigenvalue weighted by Gasteiger charge is 2.27. The van der Waals surface area contributed by atoms with Crippen molar-refractivity contribution in [2.24, 2.45) is 23.5 Å². The summed E-state index contributed by atoms with van der Waals surface area (Å²) in [6.07, 6.45) is 0.519. The number of aldehydes is 1. The third kappa shape index (κ3) is 4.99. The van der Waals surface area contributed by atoms with Crippen LogP contribution in [0, 0.1) is 11.8 Å². The van der Waals surface area contributed by atoms with Gasteiger partial charge in [-0.3, -0.25) is 9.59 Å². The molecule has 0 heterocycles. The highest BCUT2D eigenvalue weighted by molar-refractivity contribution is 5.99. The molecule has 16 heavy (non-hydrogen) atoms. The highest BCUT2D eigenvalue weighted by atomic mass is 16.7. The van der Waals surface area contributed by atoms with E-state index in [0.717, 1.165) is 0 Å². The van der Waals surface area contributed by atoms with Gasteiger partial charge < -0.3 is 15.4 Å². The van der Waals surface area contributed by atoms with Crippen LogP contribution in [0.3, 0.4) is 0 Å². The van der Waals surface area contributed by atoms with Crippen molar-refractivity contribution in [2.75, 3.05) is 0 Å². The average Bonchev–Trinajstić information content (AvgIpc) is 2.23. The van der Waals surface area contributed by atoms with Crippen LogP contribution < -0.4 is 11.6 Å². The summed E-state index contributed by atoms with van der Waals surface area (Å²) in [6, 6.07) is -0.735. The first kappa shape index (κ1) is 14.7. The molecule has 0 radical (unpaired) electrons. The topological polar surface area (TPSA) is 112 Å². The number of rotatable bonds is 7. The zero-order chi connectivity index (χ0) is 12.7. The Labute approximate surface area is 94.3 Å². The molecule has 6 nitrogen and oxygen atoms in total. The van der Waals surface area contributed by atoms with Gasteiger partial charge in [0, 0.05) is 0 Å². The molecule has 0 amide bonds. The first-order valence-electron chi connectivity index (χ1n) is 5.06. The number of nitrogens with two attached hydrogens (primary N) is 2. The Bertz CT molecular complexity index is 266. The van der Waals surface area contributed by atoms with Gasteiger partial charge >= 0.3 is 5.97 Å². The lowest BCUT2D eigenvalue weighted by Gasteiger charge is -2.16. The van der Waals surface area contributed by atoms with E-state index in [0.29, 0.717) is 12.7 Å². The Hall–Kier alpha value is -1.27. The lowest BCUT2D eigenvalue weighted by atomic mass is 9.92. The summed E-state index contributed by atoms with van der Waals surface area (Å²) in [6.45, 7) is 3.83. The van der Waals surface area contributed by atoms with Gasteiger partial charge in [0.15, 0.2) is 5.78 Å². The lowest BCUT2D eigenvalue weighted by Crippen LogP contribution is -2.38. The quantitative estimate of drug-likeness (QED) is 0.348. The fourth-order valence-corrected chi connectivity index (χ4v) is 1.34. The summed E-state index contributed by atoms with van der Waals surface area (Å²) in [7, 11) is 0. The number of carbonyl (C=O) groups excluding carboxylic acids is 3. The van der Waals surface area contributed by atoms with Crippen molar-refractivity contribution in [2.45, 2.75) is 32.7 Å². The van der Waals surface area contributed by atoms with Gasteiger partial charge in [-0.05, 0) is 12.3 Å². The van der Waals surface area contributed by atoms with Gasteiger partial charge in [-0.25, -0.2) is 0 Å². The zero-order valence-corrected chi connectivity index (χ0v) is 9.51. The minimum Gasteiger partial charge on any atom is -0.373 e. The molecule has 0 rings (SSSR count). The first-order chi connectivity index (χ1) is 7.42. The molecular formula is C10H18N2O4. The lowest BCUT2D eigenvalue weighted by molar-refractivity contribution is -0.148. The van der Waals surface area contributed by atoms with Crippen molar-refractivity contribution in [1.82, 2.24) is 0 Å². The van der Waals surface area contributed by atoms with Crippen LogP contribution in [0.15, 0.2) is 0 Å². The monoisotopic (exact) mass is 230 g/mol. The van der Waals surface area contributed by atoms with Gasteiger partial charge in [-0.1, -0.05) is 13.8 Å². The molecule has 92 valence electrons. The molecule has 0 saturated carbocycles. The van der Waals surface area contributed by atoms with Crippen LogP contribution in [-0.2, 0) is 19.2 Å². The minimum absolute atomic E-state index is 0.243. The van der Waals surface area contributed by atoms with Crippen LogP contribution in [0.5, 0.6) is 0 Å². The van der Waals surface area contributed by atoms with Gasteiger partial charge in [-0.15, -0.1) is 0 Å². The molecule has 0 aliphatic rings. The molecule has 1 unspecified atom stereocenters. The van der Waals surface area contributed by atoms with E-state index in [1.165, 1.54) is 0 Å². The van der Waals surface area contributed by atoms with Crippen LogP contribution in [0.2, 0.25) is 0 Å². The summed E-state index contributed by atoms with van der Waals surface area (Å²) in [5, 5.41) is 0. The smallest absolute Gasteiger partial charge is 0.325 e. The van der Waals surface area contributed by atoms with E-state index in [-0.39, 0.29) is 12.3 Å². The molecular weight excluding hydrogens is 212 g/mol. The van der Waals surface area contributed by atoms with Crippen LogP contribution >= 0.6 is 0 Å². The molecule has 0 aromatic rings. The molecule has 0 bridgehead atoms. The molecule has 4 N–H and O–H groups in total. The molecule has 2 atom stereocenters. The average molecular weight is 230 g/mol. The van der Waals surface area contributed by atoms with Crippen molar-refractivity contribution in [1.29, 1.82) is 0 Å². The van der Waals surface area contributed by atoms with Crippen molar-refractivity contribution in [3.63, 3.8) is 0 Å². The molecule has 0 aliphatic carbocycles. The Balaban J connectivity index is 4.40. The molecule has 0 saturated heterocycles. The molecule has 0 fully saturated rings. The molecule has 0 aliphatic heterocycles. The van der Waals surface area contributed by atoms with Gasteiger partial charge in [0.25, 0.3) is 0 Å². The van der Waals surface area contributed by atoms with Gasteiger partial charge in [0.05, 0.1) is 18.4 Å². The summed E-state index contributed by atoms with van der Waals surface area (Å²) >= 11 is 0. The predicted octanol–water partition coefficient (Wildman–Crippen LogP) is -0.449. The first-order valence-corrected chi connectivity index (χ1v) is 5.06. The van der Waals surface area contributed by atoms with E-state index in [2.05, 4.69) is 10.7 Å². The van der Waals surface area contributed by atoms with Crippen LogP contribution in [-0.4, -0.2) is 24.1 Å². The summed E-state index contributed by atoms with van der Waals surface area (Å²) in [5.74, 6) is 2.55. The minimum atomic E-state index is -1.06. The number of carbonyl (C=O) groups is 3. The van der Waals surface area contributed by atoms with Gasteiger partial charge in [0.2, 0.25) is 0 Å². The van der Waals surface area contributed by atoms with E-state index in [9.17, 15) is 14.4 Å². The second-order valence-corrected chi connectivity index (χ2v) is 4.07. The largest absolute Gasteiger partial charge is 0.373 e. The molecule has 6 heteroatoms. The number of hydrogen-bond donors (Lipinski definition) is 2. The summed E-state index contributed by atoms with van der Waals surface area (Å²) < 4.78 is 0. The predicted molar refractivity (Wildman–Crippen MR) is 56.9 cm³/mol. The van der Waals surface area contributed by atoms with Crippen LogP contribution in [0.25, 0.3) is 0 Å². The highest BCUT2D eigenvalue weighted by Crippen LogP contribution is 2.10. The van der Waals surface area contributed by atoms with Gasteiger partial charge in [0.1, 0.15) is 6.29 Å².